The van der Waals surface area contributed by atoms with Crippen molar-refractivity contribution in [1.82, 2.24) is 20.1 Å². The van der Waals surface area contributed by atoms with Gasteiger partial charge in [0.15, 0.2) is 10.9 Å². The van der Waals surface area contributed by atoms with Crippen LogP contribution in [-0.2, 0) is 13.0 Å². The van der Waals surface area contributed by atoms with Gasteiger partial charge in [-0.05, 0) is 18.2 Å². The molecule has 8 nitrogen and oxygen atoms in total. The van der Waals surface area contributed by atoms with E-state index < -0.39 is 0 Å². The molecule has 1 aliphatic heterocycles. The summed E-state index contributed by atoms with van der Waals surface area (Å²) < 4.78 is 5.10. The average Bonchev–Trinajstić information content (AvgIpc) is 3.53. The number of hydrogen-bond donors (Lipinski definition) is 2. The first-order chi connectivity index (χ1) is 14.7. The third-order valence-corrected chi connectivity index (χ3v) is 5.86. The Kier molecular flexibility index (Phi) is 4.64. The quantitative estimate of drug-likeness (QED) is 0.526. The molecule has 30 heavy (non-hydrogen) atoms. The van der Waals surface area contributed by atoms with E-state index in [2.05, 4.69) is 20.5 Å². The zero-order valence-electron chi connectivity index (χ0n) is 15.8. The van der Waals surface area contributed by atoms with E-state index in [1.165, 1.54) is 17.6 Å². The Morgan fingerprint density at radius 3 is 2.83 bits per heavy atom. The van der Waals surface area contributed by atoms with Gasteiger partial charge >= 0.3 is 0 Å². The number of thiazole rings is 1. The first-order valence-electron chi connectivity index (χ1n) is 9.41. The molecule has 1 aromatic carbocycles. The van der Waals surface area contributed by atoms with Gasteiger partial charge in [0.1, 0.15) is 5.69 Å². The van der Waals surface area contributed by atoms with Crippen molar-refractivity contribution in [3.63, 3.8) is 0 Å². The largest absolute Gasteiger partial charge is 0.459 e. The number of H-pyrrole nitrogens is 1. The summed E-state index contributed by atoms with van der Waals surface area (Å²) in [5.74, 6) is -0.219. The number of carbonyl (C=O) groups excluding carboxylic acids is 2. The molecule has 2 N–H and O–H groups in total. The van der Waals surface area contributed by atoms with Crippen molar-refractivity contribution < 1.29 is 14.0 Å². The van der Waals surface area contributed by atoms with Crippen LogP contribution in [0, 0.1) is 0 Å². The van der Waals surface area contributed by atoms with Crippen molar-refractivity contribution in [1.29, 1.82) is 0 Å². The van der Waals surface area contributed by atoms with Crippen LogP contribution in [0.1, 0.15) is 31.6 Å². The smallest absolute Gasteiger partial charge is 0.293 e. The SMILES string of the molecule is O=C(Nc1nc2c(s1)CN(C(=O)c1cc(-c3ccccc3)n[nH]1)CC2)c1ccco1. The summed E-state index contributed by atoms with van der Waals surface area (Å²) in [5.41, 5.74) is 3.05. The minimum atomic E-state index is -0.343. The summed E-state index contributed by atoms with van der Waals surface area (Å²) in [6, 6.07) is 14.7. The third-order valence-electron chi connectivity index (χ3n) is 4.86. The Hall–Kier alpha value is -3.72. The molecule has 0 unspecified atom stereocenters. The second-order valence-corrected chi connectivity index (χ2v) is 7.91. The van der Waals surface area contributed by atoms with Crippen LogP contribution in [0.2, 0.25) is 0 Å². The highest BCUT2D eigenvalue weighted by Crippen LogP contribution is 2.29. The standard InChI is InChI=1S/C21H17N5O3S/c27-19(17-7-4-10-29-17)23-21-22-14-8-9-26(12-18(14)30-21)20(28)16-11-15(24-25-16)13-5-2-1-3-6-13/h1-7,10-11H,8-9,12H2,(H,24,25)(H,22,23,27). The Balaban J connectivity index is 1.29. The summed E-state index contributed by atoms with van der Waals surface area (Å²) in [5, 5.41) is 10.4. The van der Waals surface area contributed by atoms with Gasteiger partial charge in [-0.2, -0.15) is 5.10 Å². The van der Waals surface area contributed by atoms with Crippen LogP contribution in [0.25, 0.3) is 11.3 Å². The first-order valence-corrected chi connectivity index (χ1v) is 10.2. The molecule has 0 aliphatic carbocycles. The maximum absolute atomic E-state index is 13.0. The molecule has 0 bridgehead atoms. The minimum absolute atomic E-state index is 0.107. The maximum Gasteiger partial charge on any atom is 0.293 e. The van der Waals surface area contributed by atoms with E-state index >= 15 is 0 Å². The van der Waals surface area contributed by atoms with E-state index in [9.17, 15) is 9.59 Å². The van der Waals surface area contributed by atoms with Crippen molar-refractivity contribution in [3.05, 3.63) is 76.8 Å². The molecule has 0 spiro atoms. The van der Waals surface area contributed by atoms with E-state index in [1.807, 2.05) is 30.3 Å². The number of hydrogen-bond acceptors (Lipinski definition) is 6. The van der Waals surface area contributed by atoms with Crippen LogP contribution in [-0.4, -0.2) is 38.4 Å². The van der Waals surface area contributed by atoms with Crippen LogP contribution >= 0.6 is 11.3 Å². The van der Waals surface area contributed by atoms with Crippen molar-refractivity contribution in [2.75, 3.05) is 11.9 Å². The molecule has 1 aliphatic rings. The number of nitrogens with zero attached hydrogens (tertiary/aromatic N) is 3. The molecule has 0 saturated carbocycles. The lowest BCUT2D eigenvalue weighted by atomic mass is 10.1. The predicted octanol–water partition coefficient (Wildman–Crippen LogP) is 3.58. The molecular formula is C21H17N5O3S. The first kappa shape index (κ1) is 18.3. The third kappa shape index (κ3) is 3.50. The second kappa shape index (κ2) is 7.60. The lowest BCUT2D eigenvalue weighted by Gasteiger charge is -2.25. The van der Waals surface area contributed by atoms with Crippen molar-refractivity contribution in [2.45, 2.75) is 13.0 Å². The van der Waals surface area contributed by atoms with Gasteiger partial charge in [0.2, 0.25) is 0 Å². The fourth-order valence-corrected chi connectivity index (χ4v) is 4.37. The number of anilines is 1. The number of carbonyl (C=O) groups is 2. The number of fused-ring (bicyclic) bond motifs is 1. The monoisotopic (exact) mass is 419 g/mol. The molecule has 4 aromatic rings. The van der Waals surface area contributed by atoms with E-state index in [1.54, 1.807) is 23.1 Å². The fraction of sp³-hybridized carbons (Fsp3) is 0.143. The molecule has 4 heterocycles. The highest BCUT2D eigenvalue weighted by Gasteiger charge is 2.26. The number of aromatic amines is 1. The number of furan rings is 1. The fourth-order valence-electron chi connectivity index (χ4n) is 3.35. The Morgan fingerprint density at radius 2 is 2.03 bits per heavy atom. The molecule has 0 radical (unpaired) electrons. The van der Waals surface area contributed by atoms with Crippen LogP contribution in [0.15, 0.2) is 59.2 Å². The molecule has 5 rings (SSSR count). The van der Waals surface area contributed by atoms with Crippen LogP contribution < -0.4 is 5.32 Å². The average molecular weight is 419 g/mol. The van der Waals surface area contributed by atoms with Gasteiger partial charge in [0.25, 0.3) is 11.8 Å². The summed E-state index contributed by atoms with van der Waals surface area (Å²) >= 11 is 1.37. The highest BCUT2D eigenvalue weighted by molar-refractivity contribution is 7.15. The molecule has 0 atom stereocenters. The minimum Gasteiger partial charge on any atom is -0.459 e. The zero-order chi connectivity index (χ0) is 20.5. The van der Waals surface area contributed by atoms with E-state index in [-0.39, 0.29) is 17.6 Å². The van der Waals surface area contributed by atoms with Crippen LogP contribution in [0.5, 0.6) is 0 Å². The van der Waals surface area contributed by atoms with Crippen LogP contribution in [0.3, 0.4) is 0 Å². The summed E-state index contributed by atoms with van der Waals surface area (Å²) in [7, 11) is 0. The van der Waals surface area contributed by atoms with Gasteiger partial charge in [-0.1, -0.05) is 41.7 Å². The van der Waals surface area contributed by atoms with Crippen LogP contribution in [0.4, 0.5) is 5.13 Å². The van der Waals surface area contributed by atoms with E-state index in [0.29, 0.717) is 30.3 Å². The summed E-state index contributed by atoms with van der Waals surface area (Å²) in [4.78, 5) is 32.3. The molecule has 2 amide bonds. The van der Waals surface area contributed by atoms with Gasteiger partial charge in [-0.15, -0.1) is 0 Å². The number of rotatable bonds is 4. The molecule has 9 heteroatoms. The maximum atomic E-state index is 13.0. The topological polar surface area (TPSA) is 104 Å². The van der Waals surface area contributed by atoms with Gasteiger partial charge in [-0.3, -0.25) is 20.0 Å². The van der Waals surface area contributed by atoms with Gasteiger partial charge in [0.05, 0.1) is 24.2 Å². The number of aromatic nitrogens is 3. The highest BCUT2D eigenvalue weighted by atomic mass is 32.1. The molecule has 150 valence electrons. The van der Waals surface area contributed by atoms with Crippen molar-refractivity contribution >= 4 is 28.3 Å². The van der Waals surface area contributed by atoms with Crippen molar-refractivity contribution in [3.8, 4) is 11.3 Å². The number of benzene rings is 1. The normalized spacial score (nSPS) is 13.1. The van der Waals surface area contributed by atoms with Gasteiger partial charge in [0, 0.05) is 23.4 Å². The van der Waals surface area contributed by atoms with E-state index in [4.69, 9.17) is 4.42 Å². The Morgan fingerprint density at radius 1 is 1.17 bits per heavy atom. The Bertz CT molecular complexity index is 1200. The molecular weight excluding hydrogens is 402 g/mol. The molecule has 0 saturated heterocycles. The number of amides is 2. The second-order valence-electron chi connectivity index (χ2n) is 6.83. The summed E-state index contributed by atoms with van der Waals surface area (Å²) in [6.07, 6.45) is 2.08. The van der Waals surface area contributed by atoms with Gasteiger partial charge in [-0.25, -0.2) is 4.98 Å². The summed E-state index contributed by atoms with van der Waals surface area (Å²) in [6.45, 7) is 1.00. The zero-order valence-corrected chi connectivity index (χ0v) is 16.6. The van der Waals surface area contributed by atoms with Crippen molar-refractivity contribution in [2.24, 2.45) is 0 Å². The molecule has 3 aromatic heterocycles. The molecule has 0 fully saturated rings. The lowest BCUT2D eigenvalue weighted by Crippen LogP contribution is -2.35. The lowest BCUT2D eigenvalue weighted by molar-refractivity contribution is 0.0730. The van der Waals surface area contributed by atoms with Gasteiger partial charge < -0.3 is 9.32 Å². The van der Waals surface area contributed by atoms with E-state index in [0.717, 1.165) is 21.8 Å². The Labute approximate surface area is 175 Å². The predicted molar refractivity (Wildman–Crippen MR) is 111 cm³/mol. The number of nitrogens with one attached hydrogen (secondary N) is 2.